The summed E-state index contributed by atoms with van der Waals surface area (Å²) in [5, 5.41) is 11.2. The number of nitrogens with one attached hydrogen (secondary N) is 2. The van der Waals surface area contributed by atoms with Crippen molar-refractivity contribution < 1.29 is 13.2 Å². The number of amides is 1. The topological polar surface area (TPSA) is 122 Å². The van der Waals surface area contributed by atoms with E-state index in [-0.39, 0.29) is 35.8 Å². The van der Waals surface area contributed by atoms with Gasteiger partial charge in [-0.2, -0.15) is 0 Å². The van der Waals surface area contributed by atoms with Gasteiger partial charge in [0.05, 0.1) is 17.5 Å². The SMILES string of the molecule is Cl.Cn1ccnc1C1CNCCN1CC(=O)Nc1ccc(S(N)(=O)=O)cc1. The van der Waals surface area contributed by atoms with Crippen LogP contribution >= 0.6 is 12.4 Å². The second-order valence-electron chi connectivity index (χ2n) is 6.20. The summed E-state index contributed by atoms with van der Waals surface area (Å²) in [6.07, 6.45) is 3.63. The number of nitrogens with two attached hydrogens (primary N) is 1. The van der Waals surface area contributed by atoms with Crippen LogP contribution in [-0.2, 0) is 21.9 Å². The predicted octanol–water partition coefficient (Wildman–Crippen LogP) is 0.0743. The number of piperazine rings is 1. The largest absolute Gasteiger partial charge is 0.337 e. The lowest BCUT2D eigenvalue weighted by Crippen LogP contribution is -2.49. The molecule has 2 aromatic rings. The fraction of sp³-hybridized carbons (Fsp3) is 0.375. The molecular weight excluding hydrogens is 392 g/mol. The monoisotopic (exact) mass is 414 g/mol. The number of hydrogen-bond donors (Lipinski definition) is 3. The average molecular weight is 415 g/mol. The lowest BCUT2D eigenvalue weighted by Gasteiger charge is -2.35. The lowest BCUT2D eigenvalue weighted by atomic mass is 10.1. The second-order valence-corrected chi connectivity index (χ2v) is 7.77. The first kappa shape index (κ1) is 21.3. The molecule has 1 aliphatic rings. The van der Waals surface area contributed by atoms with E-state index in [0.29, 0.717) is 5.69 Å². The van der Waals surface area contributed by atoms with Crippen LogP contribution in [0.15, 0.2) is 41.6 Å². The molecule has 0 radical (unpaired) electrons. The van der Waals surface area contributed by atoms with Gasteiger partial charge in [-0.15, -0.1) is 12.4 Å². The smallest absolute Gasteiger partial charge is 0.238 e. The Hall–Kier alpha value is -1.98. The number of hydrogen-bond acceptors (Lipinski definition) is 6. The Labute approximate surface area is 164 Å². The van der Waals surface area contributed by atoms with E-state index in [9.17, 15) is 13.2 Å². The first-order valence-corrected chi connectivity index (χ1v) is 9.74. The average Bonchev–Trinajstić information content (AvgIpc) is 3.01. The molecule has 1 aromatic heterocycles. The molecule has 1 unspecified atom stereocenters. The maximum absolute atomic E-state index is 12.4. The molecular formula is C16H23ClN6O3S. The number of rotatable bonds is 5. The molecule has 2 heterocycles. The fourth-order valence-corrected chi connectivity index (χ4v) is 3.52. The summed E-state index contributed by atoms with van der Waals surface area (Å²) in [7, 11) is -1.81. The molecule has 27 heavy (non-hydrogen) atoms. The zero-order chi connectivity index (χ0) is 18.7. The van der Waals surface area contributed by atoms with Gasteiger partial charge in [0.25, 0.3) is 0 Å². The normalized spacial score (nSPS) is 17.9. The minimum Gasteiger partial charge on any atom is -0.337 e. The van der Waals surface area contributed by atoms with Gasteiger partial charge in [-0.1, -0.05) is 0 Å². The van der Waals surface area contributed by atoms with Crippen LogP contribution in [0.1, 0.15) is 11.9 Å². The van der Waals surface area contributed by atoms with E-state index in [1.165, 1.54) is 24.3 Å². The van der Waals surface area contributed by atoms with Crippen molar-refractivity contribution in [3.8, 4) is 0 Å². The van der Waals surface area contributed by atoms with Gasteiger partial charge in [0.1, 0.15) is 5.82 Å². The maximum atomic E-state index is 12.4. The van der Waals surface area contributed by atoms with Crippen LogP contribution in [-0.4, -0.2) is 55.0 Å². The van der Waals surface area contributed by atoms with E-state index >= 15 is 0 Å². The van der Waals surface area contributed by atoms with Gasteiger partial charge in [-0.25, -0.2) is 18.5 Å². The number of imidazole rings is 1. The van der Waals surface area contributed by atoms with Crippen molar-refractivity contribution in [1.82, 2.24) is 19.8 Å². The molecule has 0 bridgehead atoms. The summed E-state index contributed by atoms with van der Waals surface area (Å²) in [6.45, 7) is 2.48. The Morgan fingerprint density at radius 3 is 2.67 bits per heavy atom. The molecule has 0 aliphatic carbocycles. The quantitative estimate of drug-likeness (QED) is 0.636. The van der Waals surface area contributed by atoms with E-state index in [0.717, 1.165) is 25.5 Å². The third-order valence-corrected chi connectivity index (χ3v) is 5.25. The predicted molar refractivity (Wildman–Crippen MR) is 104 cm³/mol. The molecule has 1 aliphatic heterocycles. The first-order valence-electron chi connectivity index (χ1n) is 8.19. The maximum Gasteiger partial charge on any atom is 0.238 e. The van der Waals surface area contributed by atoms with E-state index in [1.807, 2.05) is 17.8 Å². The molecule has 0 spiro atoms. The van der Waals surface area contributed by atoms with E-state index in [1.54, 1.807) is 6.20 Å². The van der Waals surface area contributed by atoms with Crippen molar-refractivity contribution >= 4 is 34.0 Å². The number of anilines is 1. The third kappa shape index (κ3) is 5.27. The van der Waals surface area contributed by atoms with Crippen molar-refractivity contribution in [2.45, 2.75) is 10.9 Å². The van der Waals surface area contributed by atoms with E-state index in [2.05, 4.69) is 20.5 Å². The highest BCUT2D eigenvalue weighted by Crippen LogP contribution is 2.20. The van der Waals surface area contributed by atoms with Crippen molar-refractivity contribution in [1.29, 1.82) is 0 Å². The summed E-state index contributed by atoms with van der Waals surface area (Å²) in [6, 6.07) is 5.79. The summed E-state index contributed by atoms with van der Waals surface area (Å²) in [5.41, 5.74) is 0.520. The van der Waals surface area contributed by atoms with Crippen molar-refractivity contribution in [2.24, 2.45) is 12.2 Å². The zero-order valence-electron chi connectivity index (χ0n) is 14.8. The number of benzene rings is 1. The number of aryl methyl sites for hydroxylation is 1. The molecule has 1 amide bonds. The summed E-state index contributed by atoms with van der Waals surface area (Å²) in [5.74, 6) is 0.733. The fourth-order valence-electron chi connectivity index (χ4n) is 3.00. The Balaban J connectivity index is 0.00000261. The van der Waals surface area contributed by atoms with Crippen LogP contribution < -0.4 is 15.8 Å². The number of primary sulfonamides is 1. The lowest BCUT2D eigenvalue weighted by molar-refractivity contribution is -0.118. The van der Waals surface area contributed by atoms with Crippen molar-refractivity contribution in [2.75, 3.05) is 31.5 Å². The van der Waals surface area contributed by atoms with Crippen LogP contribution in [0.2, 0.25) is 0 Å². The summed E-state index contributed by atoms with van der Waals surface area (Å²) in [4.78, 5) is 18.9. The van der Waals surface area contributed by atoms with Crippen LogP contribution in [0, 0.1) is 0 Å². The van der Waals surface area contributed by atoms with Gasteiger partial charge >= 0.3 is 0 Å². The Morgan fingerprint density at radius 2 is 2.07 bits per heavy atom. The van der Waals surface area contributed by atoms with Gasteiger partial charge in [-0.05, 0) is 24.3 Å². The van der Waals surface area contributed by atoms with E-state index < -0.39 is 10.0 Å². The molecule has 1 atom stereocenters. The number of halogens is 1. The van der Waals surface area contributed by atoms with Gasteiger partial charge in [0.15, 0.2) is 0 Å². The molecule has 11 heteroatoms. The van der Waals surface area contributed by atoms with Crippen LogP contribution in [0.25, 0.3) is 0 Å². The molecule has 3 rings (SSSR count). The standard InChI is InChI=1S/C16H22N6O3S.ClH/c1-21-8-7-19-16(21)14-10-18-6-9-22(14)11-15(23)20-12-2-4-13(5-3-12)26(17,24)25;/h2-5,7-8,14,18H,6,9-11H2,1H3,(H,20,23)(H2,17,24,25);1H. The number of carbonyl (C=O) groups is 1. The Morgan fingerprint density at radius 1 is 1.37 bits per heavy atom. The minimum atomic E-state index is -3.74. The summed E-state index contributed by atoms with van der Waals surface area (Å²) < 4.78 is 24.5. The van der Waals surface area contributed by atoms with Crippen LogP contribution in [0.5, 0.6) is 0 Å². The Kier molecular flexibility index (Phi) is 6.95. The minimum absolute atomic E-state index is 0. The third-order valence-electron chi connectivity index (χ3n) is 4.32. The van der Waals surface area contributed by atoms with Crippen LogP contribution in [0.3, 0.4) is 0 Å². The Bertz CT molecular complexity index is 884. The van der Waals surface area contributed by atoms with Crippen LogP contribution in [0.4, 0.5) is 5.69 Å². The number of nitrogens with zero attached hydrogens (tertiary/aromatic N) is 3. The van der Waals surface area contributed by atoms with Crippen molar-refractivity contribution in [3.63, 3.8) is 0 Å². The van der Waals surface area contributed by atoms with Gasteiger partial charge in [-0.3, -0.25) is 9.69 Å². The highest BCUT2D eigenvalue weighted by atomic mass is 35.5. The molecule has 0 saturated carbocycles. The number of sulfonamides is 1. The summed E-state index contributed by atoms with van der Waals surface area (Å²) >= 11 is 0. The second kappa shape index (κ2) is 8.81. The van der Waals surface area contributed by atoms with Gasteiger partial charge in [0.2, 0.25) is 15.9 Å². The van der Waals surface area contributed by atoms with Crippen molar-refractivity contribution in [3.05, 3.63) is 42.5 Å². The van der Waals surface area contributed by atoms with Gasteiger partial charge in [0, 0.05) is 44.8 Å². The number of carbonyl (C=O) groups excluding carboxylic acids is 1. The molecule has 9 nitrogen and oxygen atoms in total. The molecule has 1 fully saturated rings. The highest BCUT2D eigenvalue weighted by molar-refractivity contribution is 7.89. The first-order chi connectivity index (χ1) is 12.3. The zero-order valence-corrected chi connectivity index (χ0v) is 16.5. The number of aromatic nitrogens is 2. The van der Waals surface area contributed by atoms with E-state index in [4.69, 9.17) is 5.14 Å². The molecule has 4 N–H and O–H groups in total. The van der Waals surface area contributed by atoms with Gasteiger partial charge < -0.3 is 15.2 Å². The molecule has 1 aromatic carbocycles. The molecule has 148 valence electrons. The highest BCUT2D eigenvalue weighted by Gasteiger charge is 2.28. The molecule has 1 saturated heterocycles.